The maximum atomic E-state index is 12.7. The molecule has 32 heavy (non-hydrogen) atoms. The summed E-state index contributed by atoms with van der Waals surface area (Å²) < 4.78 is 6.41. The third kappa shape index (κ3) is 3.55. The average molecular weight is 440 g/mol. The molecule has 0 amide bonds. The van der Waals surface area contributed by atoms with E-state index in [1.165, 1.54) is 0 Å². The van der Waals surface area contributed by atoms with Gasteiger partial charge in [0.2, 0.25) is 0 Å². The molecule has 0 atom stereocenters. The molecule has 5 heteroatoms. The average Bonchev–Trinajstić information content (AvgIpc) is 2.83. The summed E-state index contributed by atoms with van der Waals surface area (Å²) >= 11 is 0. The van der Waals surface area contributed by atoms with Crippen LogP contribution in [0.3, 0.4) is 0 Å². The van der Waals surface area contributed by atoms with Crippen molar-refractivity contribution in [2.45, 2.75) is 19.4 Å². The molecule has 4 aromatic rings. The molecule has 0 fully saturated rings. The lowest BCUT2D eigenvalue weighted by atomic mass is 9.77. The van der Waals surface area contributed by atoms with Crippen LogP contribution in [0.15, 0.2) is 97.1 Å². The van der Waals surface area contributed by atoms with Crippen LogP contribution in [0.5, 0.6) is 0 Å². The first-order valence-electron chi connectivity index (χ1n) is 10.5. The zero-order valence-corrected chi connectivity index (χ0v) is 20.4. The Balaban J connectivity index is 2.19. The summed E-state index contributed by atoms with van der Waals surface area (Å²) in [5, 5.41) is 12.7. The fraction of sp³-hybridized carbons (Fsp3) is 0.111. The van der Waals surface area contributed by atoms with Gasteiger partial charge in [0.05, 0.1) is 16.1 Å². The van der Waals surface area contributed by atoms with Crippen molar-refractivity contribution in [1.82, 2.24) is 0 Å². The molecule has 0 N–H and O–H groups in total. The molecular formula is C27H25NO3Si. The lowest BCUT2D eigenvalue weighted by Gasteiger charge is -2.35. The van der Waals surface area contributed by atoms with E-state index in [2.05, 4.69) is 0 Å². The zero-order valence-electron chi connectivity index (χ0n) is 18.4. The smallest absolute Gasteiger partial charge is 0.284 e. The van der Waals surface area contributed by atoms with Crippen LogP contribution in [-0.2, 0) is 10.0 Å². The van der Waals surface area contributed by atoms with Crippen LogP contribution in [0, 0.1) is 24.0 Å². The molecule has 4 nitrogen and oxygen atoms in total. The number of benzene rings is 4. The Morgan fingerprint density at radius 3 is 1.72 bits per heavy atom. The molecular weight excluding hydrogens is 414 g/mol. The first-order chi connectivity index (χ1) is 15.5. The quantitative estimate of drug-likeness (QED) is 0.173. The predicted molar refractivity (Wildman–Crippen MR) is 132 cm³/mol. The monoisotopic (exact) mass is 439 g/mol. The summed E-state index contributed by atoms with van der Waals surface area (Å²) in [6.45, 7) is 3.95. The second-order valence-corrected chi connectivity index (χ2v) is 8.24. The van der Waals surface area contributed by atoms with Crippen molar-refractivity contribution < 1.29 is 9.35 Å². The van der Waals surface area contributed by atoms with Crippen LogP contribution in [0.2, 0.25) is 0 Å². The van der Waals surface area contributed by atoms with Crippen molar-refractivity contribution in [2.75, 3.05) is 0 Å². The second-order valence-electron chi connectivity index (χ2n) is 7.83. The molecule has 0 bridgehead atoms. The number of hydrogen-bond acceptors (Lipinski definition) is 3. The lowest BCUT2D eigenvalue weighted by Crippen LogP contribution is -2.33. The van der Waals surface area contributed by atoms with E-state index in [9.17, 15) is 10.1 Å². The van der Waals surface area contributed by atoms with Gasteiger partial charge in [0.25, 0.3) is 5.69 Å². The Bertz CT molecular complexity index is 1200. The predicted octanol–water partition coefficient (Wildman–Crippen LogP) is 5.47. The second kappa shape index (κ2) is 8.90. The Labute approximate surface area is 191 Å². The Morgan fingerprint density at radius 2 is 1.28 bits per heavy atom. The number of nitro benzene ring substituents is 1. The van der Waals surface area contributed by atoms with Crippen LogP contribution in [0.4, 0.5) is 5.69 Å². The largest absolute Gasteiger partial charge is 0.411 e. The van der Waals surface area contributed by atoms with Gasteiger partial charge in [0, 0.05) is 0 Å². The van der Waals surface area contributed by atoms with Gasteiger partial charge in [-0.15, -0.1) is 0 Å². The maximum absolute atomic E-state index is 12.7. The van der Waals surface area contributed by atoms with E-state index in [0.717, 1.165) is 27.8 Å². The summed E-state index contributed by atoms with van der Waals surface area (Å²) in [6.07, 6.45) is 0. The van der Waals surface area contributed by atoms with Gasteiger partial charge in [-0.1, -0.05) is 91.0 Å². The number of rotatable bonds is 6. The molecule has 0 aromatic heterocycles. The summed E-state index contributed by atoms with van der Waals surface area (Å²) in [4.78, 5) is 12.4. The molecule has 0 unspecified atom stereocenters. The molecule has 0 saturated heterocycles. The van der Waals surface area contributed by atoms with E-state index in [1.54, 1.807) is 0 Å². The highest BCUT2D eigenvalue weighted by atomic mass is 28.2. The third-order valence-electron chi connectivity index (χ3n) is 6.11. The van der Waals surface area contributed by atoms with E-state index in [1.807, 2.05) is 111 Å². The van der Waals surface area contributed by atoms with Gasteiger partial charge in [-0.25, -0.2) is 0 Å². The summed E-state index contributed by atoms with van der Waals surface area (Å²) in [5.74, 6) is 0. The zero-order chi connectivity index (χ0) is 22.7. The number of hydrogen-bond donors (Lipinski definition) is 0. The van der Waals surface area contributed by atoms with E-state index in [-0.39, 0.29) is 10.6 Å². The lowest BCUT2D eigenvalue weighted by molar-refractivity contribution is -0.385. The van der Waals surface area contributed by atoms with Crippen LogP contribution < -0.4 is 0 Å². The van der Waals surface area contributed by atoms with Crippen molar-refractivity contribution in [3.63, 3.8) is 0 Å². The number of aryl methyl sites for hydroxylation is 1. The first-order valence-corrected chi connectivity index (χ1v) is 11.3. The topological polar surface area (TPSA) is 52.4 Å². The molecule has 0 aliphatic carbocycles. The molecule has 0 aliphatic heterocycles. The molecule has 160 valence electrons. The fourth-order valence-electron chi connectivity index (χ4n) is 4.49. The third-order valence-corrected chi connectivity index (χ3v) is 6.72. The summed E-state index contributed by atoms with van der Waals surface area (Å²) in [7, 11) is 0.386. The van der Waals surface area contributed by atoms with Crippen molar-refractivity contribution in [2.24, 2.45) is 0 Å². The number of nitrogens with zero attached hydrogens (tertiary/aromatic N) is 1. The molecule has 0 heterocycles. The fourth-order valence-corrected chi connectivity index (χ4v) is 5.18. The van der Waals surface area contributed by atoms with Gasteiger partial charge >= 0.3 is 0 Å². The van der Waals surface area contributed by atoms with Crippen LogP contribution >= 0.6 is 0 Å². The van der Waals surface area contributed by atoms with Crippen molar-refractivity contribution in [3.05, 3.63) is 135 Å². The highest BCUT2D eigenvalue weighted by molar-refractivity contribution is 5.99. The maximum Gasteiger partial charge on any atom is 0.284 e. The van der Waals surface area contributed by atoms with Gasteiger partial charge in [0.1, 0.15) is 16.1 Å². The minimum atomic E-state index is -1.08. The van der Waals surface area contributed by atoms with E-state index in [4.69, 9.17) is 4.43 Å². The van der Waals surface area contributed by atoms with E-state index >= 15 is 0 Å². The summed E-state index contributed by atoms with van der Waals surface area (Å²) in [5.41, 5.74) is 4.64. The Kier molecular flexibility index (Phi) is 6.03. The standard InChI is InChI=1S/C27H25NO3Si/c1-19-18-24(26(28(29)30)25(20(19)2)21-12-6-3-7-13-21)27(31-32,22-14-8-4-9-15-22)23-16-10-5-11-17-23/h3-18H,1-2,32H3. The first kappa shape index (κ1) is 21.7. The van der Waals surface area contributed by atoms with E-state index < -0.39 is 5.60 Å². The molecule has 0 saturated carbocycles. The summed E-state index contributed by atoms with van der Waals surface area (Å²) in [6, 6.07) is 31.1. The molecule has 4 rings (SSSR count). The van der Waals surface area contributed by atoms with Gasteiger partial charge in [-0.3, -0.25) is 10.1 Å². The van der Waals surface area contributed by atoms with Crippen LogP contribution in [0.25, 0.3) is 11.1 Å². The van der Waals surface area contributed by atoms with Crippen molar-refractivity contribution in [1.29, 1.82) is 0 Å². The van der Waals surface area contributed by atoms with Gasteiger partial charge in [0.15, 0.2) is 0 Å². The van der Waals surface area contributed by atoms with Crippen molar-refractivity contribution >= 4 is 16.2 Å². The minimum absolute atomic E-state index is 0.0860. The number of nitro groups is 1. The van der Waals surface area contributed by atoms with Gasteiger partial charge in [-0.05, 0) is 47.7 Å². The molecule has 0 aliphatic rings. The Morgan fingerprint density at radius 1 is 0.812 bits per heavy atom. The highest BCUT2D eigenvalue weighted by Crippen LogP contribution is 2.48. The van der Waals surface area contributed by atoms with Crippen LogP contribution in [0.1, 0.15) is 27.8 Å². The Hall–Kier alpha value is -3.54. The van der Waals surface area contributed by atoms with Crippen LogP contribution in [-0.4, -0.2) is 15.4 Å². The molecule has 4 aromatic carbocycles. The van der Waals surface area contributed by atoms with Gasteiger partial charge in [-0.2, -0.15) is 0 Å². The van der Waals surface area contributed by atoms with E-state index in [0.29, 0.717) is 21.6 Å². The normalized spacial score (nSPS) is 11.4. The van der Waals surface area contributed by atoms with Gasteiger partial charge < -0.3 is 4.43 Å². The SMILES string of the molecule is Cc1cc(C(O[SiH3])(c2ccccc2)c2ccccc2)c([N+](=O)[O-])c(-c2ccccc2)c1C. The molecule has 0 radical (unpaired) electrons. The van der Waals surface area contributed by atoms with Crippen molar-refractivity contribution in [3.8, 4) is 11.1 Å². The highest BCUT2D eigenvalue weighted by Gasteiger charge is 2.43. The molecule has 0 spiro atoms. The minimum Gasteiger partial charge on any atom is -0.411 e.